The predicted octanol–water partition coefficient (Wildman–Crippen LogP) is 5.32. The van der Waals surface area contributed by atoms with E-state index in [9.17, 15) is 9.59 Å². The van der Waals surface area contributed by atoms with Gasteiger partial charge in [-0.05, 0) is 45.1 Å². The summed E-state index contributed by atoms with van der Waals surface area (Å²) in [5.74, 6) is -2.19. The Hall–Kier alpha value is -1.62. The zero-order chi connectivity index (χ0) is 20.2. The normalized spacial score (nSPS) is 12.8. The first-order valence-electron chi connectivity index (χ1n) is 10.6. The summed E-state index contributed by atoms with van der Waals surface area (Å²) < 4.78 is 0. The first-order valence-corrected chi connectivity index (χ1v) is 10.6. The zero-order valence-corrected chi connectivity index (χ0v) is 17.0. The van der Waals surface area contributed by atoms with E-state index in [1.807, 2.05) is 0 Å². The lowest BCUT2D eigenvalue weighted by molar-refractivity contribution is -0.145. The Bertz CT molecular complexity index is 432. The van der Waals surface area contributed by atoms with Gasteiger partial charge in [0.1, 0.15) is 6.04 Å². The summed E-state index contributed by atoms with van der Waals surface area (Å²) in [7, 11) is 0. The fraction of sp³-hybridized carbons (Fsp3) is 0.727. The van der Waals surface area contributed by atoms with Gasteiger partial charge >= 0.3 is 11.9 Å². The molecule has 0 aromatic rings. The van der Waals surface area contributed by atoms with Crippen molar-refractivity contribution in [2.75, 3.05) is 6.54 Å². The van der Waals surface area contributed by atoms with Crippen molar-refractivity contribution in [3.8, 4) is 0 Å². The molecule has 0 unspecified atom stereocenters. The van der Waals surface area contributed by atoms with E-state index in [1.54, 1.807) is 0 Å². The average Bonchev–Trinajstić information content (AvgIpc) is 2.62. The molecule has 0 saturated carbocycles. The van der Waals surface area contributed by atoms with Crippen molar-refractivity contribution >= 4 is 11.9 Å². The van der Waals surface area contributed by atoms with Crippen LogP contribution in [0.1, 0.15) is 90.4 Å². The van der Waals surface area contributed by atoms with Gasteiger partial charge in [-0.15, -0.1) is 0 Å². The van der Waals surface area contributed by atoms with Crippen LogP contribution in [0.5, 0.6) is 0 Å². The van der Waals surface area contributed by atoms with Crippen LogP contribution in [0.3, 0.4) is 0 Å². The largest absolute Gasteiger partial charge is 0.481 e. The monoisotopic (exact) mass is 381 g/mol. The highest BCUT2D eigenvalue weighted by Crippen LogP contribution is 2.08. The van der Waals surface area contributed by atoms with Gasteiger partial charge in [0.15, 0.2) is 0 Å². The highest BCUT2D eigenvalue weighted by Gasteiger charge is 2.19. The van der Waals surface area contributed by atoms with Crippen molar-refractivity contribution in [1.29, 1.82) is 0 Å². The summed E-state index contributed by atoms with van der Waals surface area (Å²) in [4.78, 5) is 21.5. The molecule has 0 aliphatic rings. The average molecular weight is 382 g/mol. The SMILES string of the molecule is CCCCC/C=C\C/C=C\CCCCCCCCN[C@@H](CC(=O)O)C(=O)O. The van der Waals surface area contributed by atoms with Crippen molar-refractivity contribution in [1.82, 2.24) is 5.32 Å². The molecule has 0 spiro atoms. The van der Waals surface area contributed by atoms with Gasteiger partial charge in [-0.2, -0.15) is 0 Å². The van der Waals surface area contributed by atoms with Crippen LogP contribution in [-0.2, 0) is 9.59 Å². The second-order valence-electron chi connectivity index (χ2n) is 7.03. The highest BCUT2D eigenvalue weighted by atomic mass is 16.4. The Kier molecular flexibility index (Phi) is 18.0. The van der Waals surface area contributed by atoms with Crippen LogP contribution in [0.4, 0.5) is 0 Å². The molecular formula is C22H39NO4. The van der Waals surface area contributed by atoms with E-state index in [1.165, 1.54) is 44.9 Å². The van der Waals surface area contributed by atoms with Gasteiger partial charge in [-0.25, -0.2) is 0 Å². The Morgan fingerprint density at radius 3 is 1.93 bits per heavy atom. The molecule has 0 aromatic heterocycles. The van der Waals surface area contributed by atoms with Crippen molar-refractivity contribution in [3.05, 3.63) is 24.3 Å². The lowest BCUT2D eigenvalue weighted by Gasteiger charge is -2.11. The van der Waals surface area contributed by atoms with Gasteiger partial charge < -0.3 is 15.5 Å². The molecular weight excluding hydrogens is 342 g/mol. The molecule has 0 saturated heterocycles. The number of carboxylic acids is 2. The fourth-order valence-corrected chi connectivity index (χ4v) is 2.81. The second-order valence-corrected chi connectivity index (χ2v) is 7.03. The number of carboxylic acid groups (broad SMARTS) is 2. The summed E-state index contributed by atoms with van der Waals surface area (Å²) in [5, 5.41) is 20.4. The van der Waals surface area contributed by atoms with E-state index in [4.69, 9.17) is 10.2 Å². The molecule has 0 aliphatic heterocycles. The lowest BCUT2D eigenvalue weighted by atomic mass is 10.1. The summed E-state index contributed by atoms with van der Waals surface area (Å²) >= 11 is 0. The summed E-state index contributed by atoms with van der Waals surface area (Å²) in [6, 6.07) is -0.986. The summed E-state index contributed by atoms with van der Waals surface area (Å²) in [6.45, 7) is 2.78. The van der Waals surface area contributed by atoms with Crippen LogP contribution in [-0.4, -0.2) is 34.7 Å². The number of hydrogen-bond acceptors (Lipinski definition) is 3. The maximum absolute atomic E-state index is 10.9. The molecule has 156 valence electrons. The standard InChI is InChI=1S/C22H39NO4/c1-2-3-4-5-6-7-8-9-10-11-12-13-14-15-16-17-18-23-20(22(26)27)19-21(24)25/h6-7,9-10,20,23H,2-5,8,11-19H2,1H3,(H,24,25)(H,26,27)/b7-6-,10-9-/t20-/m0/s1. The van der Waals surface area contributed by atoms with E-state index in [0.29, 0.717) is 6.54 Å². The van der Waals surface area contributed by atoms with E-state index in [0.717, 1.165) is 32.1 Å². The second kappa shape index (κ2) is 19.2. The molecule has 0 heterocycles. The van der Waals surface area contributed by atoms with Crippen molar-refractivity contribution < 1.29 is 19.8 Å². The third kappa shape index (κ3) is 19.0. The van der Waals surface area contributed by atoms with Gasteiger partial charge in [0, 0.05) is 0 Å². The molecule has 0 amide bonds. The number of rotatable bonds is 19. The molecule has 3 N–H and O–H groups in total. The molecule has 0 aromatic carbocycles. The minimum Gasteiger partial charge on any atom is -0.481 e. The predicted molar refractivity (Wildman–Crippen MR) is 111 cm³/mol. The van der Waals surface area contributed by atoms with E-state index >= 15 is 0 Å². The van der Waals surface area contributed by atoms with Crippen LogP contribution in [0.2, 0.25) is 0 Å². The van der Waals surface area contributed by atoms with Crippen molar-refractivity contribution in [2.24, 2.45) is 0 Å². The molecule has 5 nitrogen and oxygen atoms in total. The Morgan fingerprint density at radius 1 is 0.815 bits per heavy atom. The summed E-state index contributed by atoms with van der Waals surface area (Å²) in [5.41, 5.74) is 0. The van der Waals surface area contributed by atoms with Crippen LogP contribution in [0, 0.1) is 0 Å². The van der Waals surface area contributed by atoms with E-state index in [2.05, 4.69) is 36.5 Å². The Morgan fingerprint density at radius 2 is 1.37 bits per heavy atom. The van der Waals surface area contributed by atoms with E-state index < -0.39 is 18.0 Å². The van der Waals surface area contributed by atoms with Crippen LogP contribution in [0.15, 0.2) is 24.3 Å². The van der Waals surface area contributed by atoms with Gasteiger partial charge in [-0.1, -0.05) is 69.8 Å². The highest BCUT2D eigenvalue weighted by molar-refractivity contribution is 5.80. The lowest BCUT2D eigenvalue weighted by Crippen LogP contribution is -2.39. The quantitative estimate of drug-likeness (QED) is 0.208. The zero-order valence-electron chi connectivity index (χ0n) is 17.0. The molecule has 27 heavy (non-hydrogen) atoms. The van der Waals surface area contributed by atoms with E-state index in [-0.39, 0.29) is 6.42 Å². The number of allylic oxidation sites excluding steroid dienone is 4. The van der Waals surface area contributed by atoms with Crippen LogP contribution in [0.25, 0.3) is 0 Å². The van der Waals surface area contributed by atoms with Gasteiger partial charge in [0.2, 0.25) is 0 Å². The van der Waals surface area contributed by atoms with Gasteiger partial charge in [0.05, 0.1) is 6.42 Å². The third-order valence-electron chi connectivity index (χ3n) is 4.44. The maximum atomic E-state index is 10.9. The molecule has 0 fully saturated rings. The number of hydrogen-bond donors (Lipinski definition) is 3. The first-order chi connectivity index (χ1) is 13.1. The third-order valence-corrected chi connectivity index (χ3v) is 4.44. The minimum absolute atomic E-state index is 0.377. The molecule has 0 bridgehead atoms. The Balaban J connectivity index is 3.41. The first kappa shape index (κ1) is 25.4. The Labute approximate surface area is 164 Å². The van der Waals surface area contributed by atoms with Gasteiger partial charge in [0.25, 0.3) is 0 Å². The van der Waals surface area contributed by atoms with Crippen molar-refractivity contribution in [2.45, 2.75) is 96.4 Å². The number of nitrogens with one attached hydrogen (secondary N) is 1. The smallest absolute Gasteiger partial charge is 0.321 e. The molecule has 0 aliphatic carbocycles. The number of carbonyl (C=O) groups is 2. The molecule has 0 radical (unpaired) electrons. The molecule has 1 atom stereocenters. The minimum atomic E-state index is -1.10. The molecule has 0 rings (SSSR count). The molecule has 5 heteroatoms. The number of unbranched alkanes of at least 4 members (excludes halogenated alkanes) is 9. The summed E-state index contributed by atoms with van der Waals surface area (Å²) in [6.07, 6.45) is 22.7. The fourth-order valence-electron chi connectivity index (χ4n) is 2.81. The van der Waals surface area contributed by atoms with Crippen LogP contribution < -0.4 is 5.32 Å². The number of aliphatic carboxylic acids is 2. The topological polar surface area (TPSA) is 86.6 Å². The maximum Gasteiger partial charge on any atom is 0.321 e. The van der Waals surface area contributed by atoms with Crippen LogP contribution >= 0.6 is 0 Å². The van der Waals surface area contributed by atoms with Gasteiger partial charge in [-0.3, -0.25) is 9.59 Å². The van der Waals surface area contributed by atoms with Crippen molar-refractivity contribution in [3.63, 3.8) is 0 Å².